The number of halogens is 3. The first-order chi connectivity index (χ1) is 12.6. The maximum atomic E-state index is 13.3. The average molecular weight is 373 g/mol. The van der Waals surface area contributed by atoms with Gasteiger partial charge in [0, 0.05) is 5.56 Å². The molecule has 0 radical (unpaired) electrons. The zero-order valence-corrected chi connectivity index (χ0v) is 14.8. The summed E-state index contributed by atoms with van der Waals surface area (Å²) in [4.78, 5) is 11.0. The molecular weight excluding hydrogens is 355 g/mol. The summed E-state index contributed by atoms with van der Waals surface area (Å²) < 4.78 is 41.0. The predicted octanol–water partition coefficient (Wildman–Crippen LogP) is 4.20. The van der Waals surface area contributed by atoms with Crippen molar-refractivity contribution in [1.29, 1.82) is 0 Å². The van der Waals surface area contributed by atoms with Gasteiger partial charge in [-0.3, -0.25) is 4.79 Å². The van der Waals surface area contributed by atoms with Crippen molar-refractivity contribution in [3.05, 3.63) is 70.9 Å². The molecule has 0 fully saturated rings. The van der Waals surface area contributed by atoms with Gasteiger partial charge >= 0.3 is 6.18 Å². The number of benzene rings is 2. The van der Waals surface area contributed by atoms with Crippen LogP contribution in [0, 0.1) is 13.8 Å². The minimum absolute atomic E-state index is 0.0666. The number of amides is 1. The van der Waals surface area contributed by atoms with Crippen LogP contribution in [0.2, 0.25) is 0 Å². The van der Waals surface area contributed by atoms with Gasteiger partial charge in [-0.2, -0.15) is 18.3 Å². The molecule has 0 aliphatic rings. The number of carbonyl (C=O) groups excluding carboxylic acids is 1. The van der Waals surface area contributed by atoms with Gasteiger partial charge < -0.3 is 5.73 Å². The highest BCUT2D eigenvalue weighted by atomic mass is 19.4. The third kappa shape index (κ3) is 4.02. The molecule has 3 rings (SSSR count). The van der Waals surface area contributed by atoms with Crippen LogP contribution in [0.1, 0.15) is 22.4 Å². The van der Waals surface area contributed by atoms with Crippen LogP contribution in [0.4, 0.5) is 13.2 Å². The molecule has 7 heteroatoms. The van der Waals surface area contributed by atoms with E-state index < -0.39 is 17.8 Å². The number of aromatic nitrogens is 2. The fourth-order valence-corrected chi connectivity index (χ4v) is 2.97. The summed E-state index contributed by atoms with van der Waals surface area (Å²) in [6.45, 7) is 3.77. The van der Waals surface area contributed by atoms with Crippen LogP contribution in [-0.2, 0) is 17.4 Å². The standard InChI is InChI=1S/C20H18F3N3O/c1-12-3-8-16(13(2)9-12)17-11-18(20(21,22)23)25-26(17)15-6-4-14(5-7-15)10-19(24)27/h3-9,11H,10H2,1-2H3,(H2,24,27). The number of nitrogens with zero attached hydrogens (tertiary/aromatic N) is 2. The van der Waals surface area contributed by atoms with Gasteiger partial charge in [-0.05, 0) is 43.2 Å². The average Bonchev–Trinajstić information content (AvgIpc) is 3.00. The Morgan fingerprint density at radius 3 is 2.30 bits per heavy atom. The maximum absolute atomic E-state index is 13.3. The van der Waals surface area contributed by atoms with E-state index in [1.807, 2.05) is 26.0 Å². The number of alkyl halides is 3. The fourth-order valence-electron chi connectivity index (χ4n) is 2.97. The van der Waals surface area contributed by atoms with Crippen molar-refractivity contribution in [2.75, 3.05) is 0 Å². The van der Waals surface area contributed by atoms with Crippen LogP contribution in [-0.4, -0.2) is 15.7 Å². The predicted molar refractivity (Wildman–Crippen MR) is 96.4 cm³/mol. The van der Waals surface area contributed by atoms with E-state index >= 15 is 0 Å². The van der Waals surface area contributed by atoms with E-state index in [2.05, 4.69) is 5.10 Å². The van der Waals surface area contributed by atoms with Crippen LogP contribution >= 0.6 is 0 Å². The summed E-state index contributed by atoms with van der Waals surface area (Å²) in [6, 6.07) is 13.2. The lowest BCUT2D eigenvalue weighted by atomic mass is 10.0. The Hall–Kier alpha value is -3.09. The second-order valence-electron chi connectivity index (χ2n) is 6.45. The zero-order chi connectivity index (χ0) is 19.8. The third-order valence-electron chi connectivity index (χ3n) is 4.22. The van der Waals surface area contributed by atoms with E-state index in [0.717, 1.165) is 17.2 Å². The van der Waals surface area contributed by atoms with Crippen molar-refractivity contribution in [3.8, 4) is 16.9 Å². The van der Waals surface area contributed by atoms with Crippen LogP contribution in [0.25, 0.3) is 16.9 Å². The number of primary amides is 1. The number of carbonyl (C=O) groups is 1. The van der Waals surface area contributed by atoms with Crippen LogP contribution < -0.4 is 5.73 Å². The lowest BCUT2D eigenvalue weighted by Crippen LogP contribution is -2.13. The molecular formula is C20H18F3N3O. The van der Waals surface area contributed by atoms with Gasteiger partial charge in [0.2, 0.25) is 5.91 Å². The Kier molecular flexibility index (Phi) is 4.78. The van der Waals surface area contributed by atoms with Crippen LogP contribution in [0.5, 0.6) is 0 Å². The van der Waals surface area contributed by atoms with Crippen LogP contribution in [0.15, 0.2) is 48.5 Å². The van der Waals surface area contributed by atoms with E-state index in [1.165, 1.54) is 4.68 Å². The zero-order valence-electron chi connectivity index (χ0n) is 14.8. The Morgan fingerprint density at radius 2 is 1.74 bits per heavy atom. The van der Waals surface area contributed by atoms with Gasteiger partial charge in [-0.1, -0.05) is 35.9 Å². The van der Waals surface area contributed by atoms with Crippen molar-refractivity contribution in [2.45, 2.75) is 26.4 Å². The Labute approximate surface area is 154 Å². The summed E-state index contributed by atoms with van der Waals surface area (Å²) in [6.07, 6.45) is -4.48. The molecule has 1 amide bonds. The van der Waals surface area contributed by atoms with Crippen molar-refractivity contribution >= 4 is 5.91 Å². The monoisotopic (exact) mass is 373 g/mol. The highest BCUT2D eigenvalue weighted by molar-refractivity contribution is 5.76. The van der Waals surface area contributed by atoms with Gasteiger partial charge in [0.25, 0.3) is 0 Å². The lowest BCUT2D eigenvalue weighted by Gasteiger charge is -2.11. The summed E-state index contributed by atoms with van der Waals surface area (Å²) >= 11 is 0. The minimum Gasteiger partial charge on any atom is -0.369 e. The van der Waals surface area contributed by atoms with Gasteiger partial charge in [0.1, 0.15) is 0 Å². The van der Waals surface area contributed by atoms with E-state index in [4.69, 9.17) is 5.73 Å². The smallest absolute Gasteiger partial charge is 0.369 e. The summed E-state index contributed by atoms with van der Waals surface area (Å²) in [5.41, 5.74) is 8.26. The second kappa shape index (κ2) is 6.90. The van der Waals surface area contributed by atoms with Crippen molar-refractivity contribution in [1.82, 2.24) is 9.78 Å². The molecule has 1 heterocycles. The Bertz CT molecular complexity index is 989. The maximum Gasteiger partial charge on any atom is 0.435 e. The van der Waals surface area contributed by atoms with Gasteiger partial charge in [-0.25, -0.2) is 4.68 Å². The summed E-state index contributed by atoms with van der Waals surface area (Å²) in [7, 11) is 0. The molecule has 0 unspecified atom stereocenters. The molecule has 2 N–H and O–H groups in total. The molecule has 4 nitrogen and oxygen atoms in total. The molecule has 140 valence electrons. The molecule has 0 aliphatic heterocycles. The number of nitrogens with two attached hydrogens (primary N) is 1. The molecule has 1 aromatic heterocycles. The minimum atomic E-state index is -4.55. The molecule has 0 bridgehead atoms. The van der Waals surface area contributed by atoms with Gasteiger partial charge in [0.05, 0.1) is 17.8 Å². The second-order valence-corrected chi connectivity index (χ2v) is 6.45. The molecule has 0 spiro atoms. The van der Waals surface area contributed by atoms with Crippen molar-refractivity contribution in [3.63, 3.8) is 0 Å². The normalized spacial score (nSPS) is 11.6. The van der Waals surface area contributed by atoms with E-state index in [9.17, 15) is 18.0 Å². The highest BCUT2D eigenvalue weighted by Gasteiger charge is 2.35. The van der Waals surface area contributed by atoms with E-state index in [0.29, 0.717) is 22.5 Å². The number of hydrogen-bond acceptors (Lipinski definition) is 2. The molecule has 27 heavy (non-hydrogen) atoms. The summed E-state index contributed by atoms with van der Waals surface area (Å²) in [5, 5.41) is 3.78. The lowest BCUT2D eigenvalue weighted by molar-refractivity contribution is -0.141. The molecule has 0 saturated carbocycles. The van der Waals surface area contributed by atoms with Gasteiger partial charge in [-0.15, -0.1) is 0 Å². The fraction of sp³-hybridized carbons (Fsp3) is 0.200. The van der Waals surface area contributed by atoms with Crippen molar-refractivity contribution < 1.29 is 18.0 Å². The first kappa shape index (κ1) is 18.7. The van der Waals surface area contributed by atoms with E-state index in [1.54, 1.807) is 30.3 Å². The first-order valence-electron chi connectivity index (χ1n) is 8.27. The molecule has 0 saturated heterocycles. The first-order valence-corrected chi connectivity index (χ1v) is 8.27. The largest absolute Gasteiger partial charge is 0.435 e. The van der Waals surface area contributed by atoms with Gasteiger partial charge in [0.15, 0.2) is 5.69 Å². The van der Waals surface area contributed by atoms with E-state index in [-0.39, 0.29) is 6.42 Å². The van der Waals surface area contributed by atoms with Crippen LogP contribution in [0.3, 0.4) is 0 Å². The highest BCUT2D eigenvalue weighted by Crippen LogP contribution is 2.34. The molecule has 0 atom stereocenters. The Morgan fingerprint density at radius 1 is 1.07 bits per heavy atom. The molecule has 3 aromatic rings. The molecule has 2 aromatic carbocycles. The number of rotatable bonds is 4. The summed E-state index contributed by atoms with van der Waals surface area (Å²) in [5.74, 6) is -0.475. The topological polar surface area (TPSA) is 60.9 Å². The Balaban J connectivity index is 2.13. The number of aryl methyl sites for hydroxylation is 2. The third-order valence-corrected chi connectivity index (χ3v) is 4.22. The number of hydrogen-bond donors (Lipinski definition) is 1. The SMILES string of the molecule is Cc1ccc(-c2cc(C(F)(F)F)nn2-c2ccc(CC(N)=O)cc2)c(C)c1. The quantitative estimate of drug-likeness (QED) is 0.745. The van der Waals surface area contributed by atoms with Crippen molar-refractivity contribution in [2.24, 2.45) is 5.73 Å². The molecule has 0 aliphatic carbocycles.